The Morgan fingerprint density at radius 2 is 0.957 bits per heavy atom. The molecule has 2 saturated heterocycles. The lowest BCUT2D eigenvalue weighted by Gasteiger charge is -2.26. The molecule has 0 saturated carbocycles. The van der Waals surface area contributed by atoms with Crippen molar-refractivity contribution in [3.63, 3.8) is 0 Å². The van der Waals surface area contributed by atoms with Gasteiger partial charge in [0.05, 0.1) is 11.4 Å². The van der Waals surface area contributed by atoms with Crippen molar-refractivity contribution >= 4 is 35.0 Å². The number of amides is 4. The van der Waals surface area contributed by atoms with Crippen molar-refractivity contribution < 1.29 is 19.2 Å². The smallest absolute Gasteiger partial charge is 0.234 e. The van der Waals surface area contributed by atoms with Crippen LogP contribution in [-0.4, -0.2) is 23.6 Å². The number of imide groups is 2. The van der Waals surface area contributed by atoms with E-state index in [1.165, 1.54) is 9.80 Å². The minimum Gasteiger partial charge on any atom is -0.274 e. The second-order valence-corrected chi connectivity index (χ2v) is 6.08. The predicted molar refractivity (Wildman–Crippen MR) is 84.1 cm³/mol. The number of rotatable bonds is 2. The zero-order valence-electron chi connectivity index (χ0n) is 13.4. The topological polar surface area (TPSA) is 74.8 Å². The molecule has 0 aliphatic carbocycles. The lowest BCUT2D eigenvalue weighted by molar-refractivity contribution is -0.122. The summed E-state index contributed by atoms with van der Waals surface area (Å²) in [5.74, 6) is -0.963. The van der Waals surface area contributed by atoms with E-state index in [2.05, 4.69) is 0 Å². The molecule has 23 heavy (non-hydrogen) atoms. The number of anilines is 2. The van der Waals surface area contributed by atoms with Gasteiger partial charge in [-0.3, -0.25) is 19.2 Å². The van der Waals surface area contributed by atoms with Gasteiger partial charge in [-0.2, -0.15) is 0 Å². The molecule has 6 heteroatoms. The van der Waals surface area contributed by atoms with Crippen molar-refractivity contribution in [3.8, 4) is 0 Å². The van der Waals surface area contributed by atoms with Gasteiger partial charge in [0.2, 0.25) is 23.6 Å². The van der Waals surface area contributed by atoms with Crippen LogP contribution in [0.25, 0.3) is 0 Å². The molecule has 0 unspecified atom stereocenters. The van der Waals surface area contributed by atoms with Crippen LogP contribution in [0.15, 0.2) is 6.07 Å². The monoisotopic (exact) mass is 314 g/mol. The normalized spacial score (nSPS) is 18.6. The molecule has 2 fully saturated rings. The highest BCUT2D eigenvalue weighted by molar-refractivity contribution is 6.23. The van der Waals surface area contributed by atoms with E-state index in [0.717, 1.165) is 11.1 Å². The number of hydrogen-bond acceptors (Lipinski definition) is 4. The molecule has 0 N–H and O–H groups in total. The Morgan fingerprint density at radius 3 is 1.26 bits per heavy atom. The van der Waals surface area contributed by atoms with E-state index in [9.17, 15) is 19.2 Å². The van der Waals surface area contributed by atoms with Gasteiger partial charge < -0.3 is 0 Å². The van der Waals surface area contributed by atoms with E-state index in [-0.39, 0.29) is 49.3 Å². The van der Waals surface area contributed by atoms with Crippen LogP contribution in [0.5, 0.6) is 0 Å². The lowest BCUT2D eigenvalue weighted by atomic mass is 10.00. The van der Waals surface area contributed by atoms with E-state index in [1.54, 1.807) is 6.92 Å². The second-order valence-electron chi connectivity index (χ2n) is 6.08. The van der Waals surface area contributed by atoms with Gasteiger partial charge in [0, 0.05) is 25.7 Å². The maximum Gasteiger partial charge on any atom is 0.234 e. The van der Waals surface area contributed by atoms with Gasteiger partial charge in [-0.25, -0.2) is 9.80 Å². The Kier molecular flexibility index (Phi) is 3.55. The van der Waals surface area contributed by atoms with E-state index in [1.807, 2.05) is 19.9 Å². The summed E-state index contributed by atoms with van der Waals surface area (Å²) in [6.45, 7) is 5.40. The van der Waals surface area contributed by atoms with Gasteiger partial charge in [-0.15, -0.1) is 0 Å². The first kappa shape index (κ1) is 15.4. The third-order valence-corrected chi connectivity index (χ3v) is 4.44. The minimum absolute atomic E-state index is 0.197. The molecule has 0 atom stereocenters. The van der Waals surface area contributed by atoms with E-state index in [0.29, 0.717) is 16.9 Å². The molecular formula is C17H18N2O4. The van der Waals surface area contributed by atoms with Crippen molar-refractivity contribution in [2.75, 3.05) is 9.80 Å². The minimum atomic E-state index is -0.241. The molecule has 3 rings (SSSR count). The summed E-state index contributed by atoms with van der Waals surface area (Å²) in [5.41, 5.74) is 3.20. The summed E-state index contributed by atoms with van der Waals surface area (Å²) in [7, 11) is 0. The number of nitrogens with zero attached hydrogens (tertiary/aromatic N) is 2. The average molecular weight is 314 g/mol. The molecule has 0 aromatic heterocycles. The van der Waals surface area contributed by atoms with Gasteiger partial charge in [-0.1, -0.05) is 6.07 Å². The van der Waals surface area contributed by atoms with Crippen molar-refractivity contribution in [3.05, 3.63) is 22.8 Å². The van der Waals surface area contributed by atoms with E-state index < -0.39 is 0 Å². The van der Waals surface area contributed by atoms with Gasteiger partial charge in [0.25, 0.3) is 0 Å². The van der Waals surface area contributed by atoms with Crippen LogP contribution >= 0.6 is 0 Å². The second kappa shape index (κ2) is 5.30. The summed E-state index contributed by atoms with van der Waals surface area (Å²) >= 11 is 0. The molecule has 6 nitrogen and oxygen atoms in total. The van der Waals surface area contributed by atoms with Crippen LogP contribution in [0.2, 0.25) is 0 Å². The van der Waals surface area contributed by atoms with Crippen LogP contribution in [0.4, 0.5) is 11.4 Å². The van der Waals surface area contributed by atoms with Crippen LogP contribution in [0, 0.1) is 20.8 Å². The Hall–Kier alpha value is -2.50. The number of carbonyl (C=O) groups is 4. The number of aryl methyl sites for hydroxylation is 2. The Balaban J connectivity index is 2.21. The first-order valence-corrected chi connectivity index (χ1v) is 7.65. The lowest BCUT2D eigenvalue weighted by Crippen LogP contribution is -2.33. The molecule has 0 spiro atoms. The molecular weight excluding hydrogens is 296 g/mol. The average Bonchev–Trinajstić information content (AvgIpc) is 2.96. The van der Waals surface area contributed by atoms with Crippen LogP contribution in [-0.2, 0) is 19.2 Å². The van der Waals surface area contributed by atoms with Gasteiger partial charge in [0.15, 0.2) is 0 Å². The van der Waals surface area contributed by atoms with Gasteiger partial charge in [-0.05, 0) is 37.5 Å². The van der Waals surface area contributed by atoms with Crippen molar-refractivity contribution in [1.29, 1.82) is 0 Å². The van der Waals surface area contributed by atoms with Crippen molar-refractivity contribution in [2.45, 2.75) is 46.5 Å². The zero-order valence-corrected chi connectivity index (χ0v) is 13.4. The summed E-state index contributed by atoms with van der Waals surface area (Å²) in [6.07, 6.45) is 0.788. The van der Waals surface area contributed by atoms with Gasteiger partial charge in [0.1, 0.15) is 0 Å². The quantitative estimate of drug-likeness (QED) is 0.782. The molecule has 1 aromatic carbocycles. The molecule has 2 aliphatic rings. The maximum absolute atomic E-state index is 12.1. The summed E-state index contributed by atoms with van der Waals surface area (Å²) in [6, 6.07) is 1.81. The number of carbonyl (C=O) groups excluding carboxylic acids is 4. The van der Waals surface area contributed by atoms with E-state index in [4.69, 9.17) is 0 Å². The third kappa shape index (κ3) is 2.25. The largest absolute Gasteiger partial charge is 0.274 e. The predicted octanol–water partition coefficient (Wildman–Crippen LogP) is 1.92. The third-order valence-electron chi connectivity index (χ3n) is 4.44. The molecule has 1 aromatic rings. The highest BCUT2D eigenvalue weighted by atomic mass is 16.2. The molecule has 2 heterocycles. The van der Waals surface area contributed by atoms with Crippen LogP contribution in [0.3, 0.4) is 0 Å². The van der Waals surface area contributed by atoms with Gasteiger partial charge >= 0.3 is 0 Å². The molecule has 4 amide bonds. The van der Waals surface area contributed by atoms with Crippen LogP contribution < -0.4 is 9.80 Å². The number of benzene rings is 1. The summed E-state index contributed by atoms with van der Waals surface area (Å²) in [5, 5.41) is 0. The Morgan fingerprint density at radius 1 is 0.652 bits per heavy atom. The molecule has 0 bridgehead atoms. The van der Waals surface area contributed by atoms with Crippen molar-refractivity contribution in [2.24, 2.45) is 0 Å². The first-order valence-electron chi connectivity index (χ1n) is 7.65. The SMILES string of the molecule is Cc1cc(C)c(N2C(=O)CCC2=O)c(C)c1N1C(=O)CCC1=O. The van der Waals surface area contributed by atoms with Crippen LogP contribution in [0.1, 0.15) is 42.4 Å². The Bertz CT molecular complexity index is 674. The van der Waals surface area contributed by atoms with E-state index >= 15 is 0 Å². The zero-order chi connectivity index (χ0) is 16.9. The molecule has 120 valence electrons. The standard InChI is InChI=1S/C17H18N2O4/c1-9-8-10(2)17(19-14(22)6-7-15(19)23)11(3)16(9)18-12(20)4-5-13(18)21/h8H,4-7H2,1-3H3. The molecule has 2 aliphatic heterocycles. The fourth-order valence-electron chi connectivity index (χ4n) is 3.51. The highest BCUT2D eigenvalue weighted by Crippen LogP contribution is 2.39. The van der Waals surface area contributed by atoms with Crippen molar-refractivity contribution in [1.82, 2.24) is 0 Å². The Labute approximate surface area is 134 Å². The number of hydrogen-bond donors (Lipinski definition) is 0. The fraction of sp³-hybridized carbons (Fsp3) is 0.412. The summed E-state index contributed by atoms with van der Waals surface area (Å²) < 4.78 is 0. The molecule has 0 radical (unpaired) electrons. The highest BCUT2D eigenvalue weighted by Gasteiger charge is 2.37. The maximum atomic E-state index is 12.1. The summed E-state index contributed by atoms with van der Waals surface area (Å²) in [4.78, 5) is 50.8. The first-order chi connectivity index (χ1) is 10.8. The fourth-order valence-corrected chi connectivity index (χ4v) is 3.51.